The van der Waals surface area contributed by atoms with Gasteiger partial charge in [0.1, 0.15) is 0 Å². The summed E-state index contributed by atoms with van der Waals surface area (Å²) in [5.74, 6) is -1.24. The zero-order chi connectivity index (χ0) is 14.5. The van der Waals surface area contributed by atoms with Crippen molar-refractivity contribution in [3.05, 3.63) is 60.2 Å². The summed E-state index contributed by atoms with van der Waals surface area (Å²) in [5, 5.41) is 8.92. The Kier molecular flexibility index (Phi) is 4.53. The lowest BCUT2D eigenvalue weighted by Crippen LogP contribution is -2.19. The Hall–Kier alpha value is -2.13. The monoisotopic (exact) mass is 269 g/mol. The minimum Gasteiger partial charge on any atom is -0.481 e. The van der Waals surface area contributed by atoms with Gasteiger partial charge < -0.3 is 10.8 Å². The van der Waals surface area contributed by atoms with Gasteiger partial charge in [0.15, 0.2) is 0 Å². The molecule has 2 aromatic carbocycles. The van der Waals surface area contributed by atoms with Gasteiger partial charge in [-0.25, -0.2) is 0 Å². The van der Waals surface area contributed by atoms with Gasteiger partial charge in [-0.05, 0) is 23.1 Å². The number of hydrogen-bond donors (Lipinski definition) is 2. The van der Waals surface area contributed by atoms with Crippen LogP contribution >= 0.6 is 0 Å². The van der Waals surface area contributed by atoms with Crippen LogP contribution in [0.4, 0.5) is 0 Å². The fourth-order valence-electron chi connectivity index (χ4n) is 2.17. The lowest BCUT2D eigenvalue weighted by Gasteiger charge is -2.15. The second-order valence-electron chi connectivity index (χ2n) is 5.07. The van der Waals surface area contributed by atoms with Crippen LogP contribution in [0.2, 0.25) is 0 Å². The highest BCUT2D eigenvalue weighted by molar-refractivity contribution is 5.69. The van der Waals surface area contributed by atoms with Gasteiger partial charge in [0, 0.05) is 6.04 Å². The molecule has 0 saturated carbocycles. The maximum atomic E-state index is 10.8. The molecule has 0 fully saturated rings. The van der Waals surface area contributed by atoms with E-state index in [2.05, 4.69) is 12.1 Å². The standard InChI is InChI=1S/C17H19NO2/c1-12(17(19)20)11-16(18)15-9-7-14(8-10-15)13-5-3-2-4-6-13/h2-10,12,16H,11,18H2,1H3,(H,19,20). The predicted molar refractivity (Wildman–Crippen MR) is 80.2 cm³/mol. The first-order chi connectivity index (χ1) is 9.58. The molecule has 20 heavy (non-hydrogen) atoms. The summed E-state index contributed by atoms with van der Waals surface area (Å²) in [6.45, 7) is 1.68. The molecule has 3 N–H and O–H groups in total. The van der Waals surface area contributed by atoms with Gasteiger partial charge >= 0.3 is 5.97 Å². The van der Waals surface area contributed by atoms with Crippen LogP contribution in [-0.4, -0.2) is 11.1 Å². The SMILES string of the molecule is CC(CC(N)c1ccc(-c2ccccc2)cc1)C(=O)O. The number of benzene rings is 2. The summed E-state index contributed by atoms with van der Waals surface area (Å²) in [4.78, 5) is 10.8. The molecule has 0 saturated heterocycles. The van der Waals surface area contributed by atoms with E-state index >= 15 is 0 Å². The smallest absolute Gasteiger partial charge is 0.306 e. The highest BCUT2D eigenvalue weighted by Crippen LogP contribution is 2.23. The van der Waals surface area contributed by atoms with Crippen LogP contribution in [0.25, 0.3) is 11.1 Å². The summed E-state index contributed by atoms with van der Waals surface area (Å²) in [6, 6.07) is 17.9. The third-order valence-corrected chi connectivity index (χ3v) is 3.48. The van der Waals surface area contributed by atoms with Crippen molar-refractivity contribution in [3.63, 3.8) is 0 Å². The highest BCUT2D eigenvalue weighted by atomic mass is 16.4. The van der Waals surface area contributed by atoms with Crippen molar-refractivity contribution in [2.24, 2.45) is 11.7 Å². The van der Waals surface area contributed by atoms with Gasteiger partial charge in [-0.1, -0.05) is 61.5 Å². The molecular formula is C17H19NO2. The molecule has 3 heteroatoms. The molecular weight excluding hydrogens is 250 g/mol. The Bertz CT molecular complexity index is 563. The molecule has 0 heterocycles. The molecule has 2 aromatic rings. The zero-order valence-corrected chi connectivity index (χ0v) is 11.5. The van der Waals surface area contributed by atoms with E-state index in [1.165, 1.54) is 0 Å². The zero-order valence-electron chi connectivity index (χ0n) is 11.5. The number of carboxylic acids is 1. The molecule has 104 valence electrons. The lowest BCUT2D eigenvalue weighted by molar-refractivity contribution is -0.141. The van der Waals surface area contributed by atoms with Crippen LogP contribution in [0, 0.1) is 5.92 Å². The summed E-state index contributed by atoms with van der Waals surface area (Å²) in [6.07, 6.45) is 0.444. The summed E-state index contributed by atoms with van der Waals surface area (Å²) in [7, 11) is 0. The van der Waals surface area contributed by atoms with Crippen molar-refractivity contribution >= 4 is 5.97 Å². The first-order valence-corrected chi connectivity index (χ1v) is 6.71. The fraction of sp³-hybridized carbons (Fsp3) is 0.235. The Labute approximate surface area is 119 Å². The van der Waals surface area contributed by atoms with Crippen LogP contribution in [0.3, 0.4) is 0 Å². The van der Waals surface area contributed by atoms with Crippen molar-refractivity contribution in [1.29, 1.82) is 0 Å². The largest absolute Gasteiger partial charge is 0.481 e. The van der Waals surface area contributed by atoms with Crippen molar-refractivity contribution < 1.29 is 9.90 Å². The van der Waals surface area contributed by atoms with Gasteiger partial charge in [-0.2, -0.15) is 0 Å². The van der Waals surface area contributed by atoms with E-state index < -0.39 is 11.9 Å². The van der Waals surface area contributed by atoms with E-state index in [4.69, 9.17) is 10.8 Å². The second-order valence-corrected chi connectivity index (χ2v) is 5.07. The minimum absolute atomic E-state index is 0.245. The number of carbonyl (C=O) groups is 1. The first kappa shape index (κ1) is 14.3. The Morgan fingerprint density at radius 1 is 1.05 bits per heavy atom. The topological polar surface area (TPSA) is 63.3 Å². The van der Waals surface area contributed by atoms with Gasteiger partial charge in [-0.15, -0.1) is 0 Å². The Morgan fingerprint density at radius 3 is 2.15 bits per heavy atom. The molecule has 2 atom stereocenters. The van der Waals surface area contributed by atoms with Crippen LogP contribution in [-0.2, 0) is 4.79 Å². The van der Waals surface area contributed by atoms with E-state index in [0.717, 1.165) is 16.7 Å². The van der Waals surface area contributed by atoms with Crippen molar-refractivity contribution in [1.82, 2.24) is 0 Å². The molecule has 0 spiro atoms. The number of hydrogen-bond acceptors (Lipinski definition) is 2. The van der Waals surface area contributed by atoms with Crippen LogP contribution < -0.4 is 5.73 Å². The molecule has 0 amide bonds. The maximum absolute atomic E-state index is 10.8. The second kappa shape index (κ2) is 6.35. The third kappa shape index (κ3) is 3.45. The molecule has 0 radical (unpaired) electrons. The van der Waals surface area contributed by atoms with Gasteiger partial charge in [0.2, 0.25) is 0 Å². The Morgan fingerprint density at radius 2 is 1.60 bits per heavy atom. The Balaban J connectivity index is 2.10. The van der Waals surface area contributed by atoms with Gasteiger partial charge in [0.25, 0.3) is 0 Å². The molecule has 0 aliphatic carbocycles. The third-order valence-electron chi connectivity index (χ3n) is 3.48. The summed E-state index contributed by atoms with van der Waals surface area (Å²) < 4.78 is 0. The quantitative estimate of drug-likeness (QED) is 0.873. The average Bonchev–Trinajstić information content (AvgIpc) is 2.48. The molecule has 0 aliphatic rings. The van der Waals surface area contributed by atoms with Crippen molar-refractivity contribution in [3.8, 4) is 11.1 Å². The van der Waals surface area contributed by atoms with Crippen LogP contribution in [0.15, 0.2) is 54.6 Å². The van der Waals surface area contributed by atoms with Gasteiger partial charge in [0.05, 0.1) is 5.92 Å². The normalized spacial score (nSPS) is 13.7. The highest BCUT2D eigenvalue weighted by Gasteiger charge is 2.16. The van der Waals surface area contributed by atoms with E-state index in [1.807, 2.05) is 42.5 Å². The predicted octanol–water partition coefficient (Wildman–Crippen LogP) is 3.46. The van der Waals surface area contributed by atoms with E-state index in [-0.39, 0.29) is 6.04 Å². The summed E-state index contributed by atoms with van der Waals surface area (Å²) >= 11 is 0. The number of aliphatic carboxylic acids is 1. The van der Waals surface area contributed by atoms with Crippen LogP contribution in [0.1, 0.15) is 24.9 Å². The first-order valence-electron chi connectivity index (χ1n) is 6.71. The molecule has 0 aliphatic heterocycles. The minimum atomic E-state index is -0.804. The van der Waals surface area contributed by atoms with Crippen molar-refractivity contribution in [2.45, 2.75) is 19.4 Å². The van der Waals surface area contributed by atoms with Crippen molar-refractivity contribution in [2.75, 3.05) is 0 Å². The molecule has 2 rings (SSSR count). The van der Waals surface area contributed by atoms with E-state index in [1.54, 1.807) is 6.92 Å². The van der Waals surface area contributed by atoms with Crippen LogP contribution in [0.5, 0.6) is 0 Å². The van der Waals surface area contributed by atoms with Gasteiger partial charge in [-0.3, -0.25) is 4.79 Å². The average molecular weight is 269 g/mol. The molecule has 2 unspecified atom stereocenters. The number of rotatable bonds is 5. The lowest BCUT2D eigenvalue weighted by atomic mass is 9.95. The molecule has 0 bridgehead atoms. The number of carboxylic acid groups (broad SMARTS) is 1. The molecule has 0 aromatic heterocycles. The van der Waals surface area contributed by atoms with E-state index in [0.29, 0.717) is 6.42 Å². The summed E-state index contributed by atoms with van der Waals surface area (Å²) in [5.41, 5.74) is 9.32. The molecule has 3 nitrogen and oxygen atoms in total. The fourth-order valence-corrected chi connectivity index (χ4v) is 2.17. The number of nitrogens with two attached hydrogens (primary N) is 1. The van der Waals surface area contributed by atoms with E-state index in [9.17, 15) is 4.79 Å². The maximum Gasteiger partial charge on any atom is 0.306 e.